The van der Waals surface area contributed by atoms with E-state index in [0.29, 0.717) is 5.82 Å². The number of nitrogens with one attached hydrogen (secondary N) is 1. The second-order valence-electron chi connectivity index (χ2n) is 6.14. The van der Waals surface area contributed by atoms with Gasteiger partial charge < -0.3 is 9.88 Å². The first-order valence-electron chi connectivity index (χ1n) is 7.81. The molecule has 0 aliphatic rings. The van der Waals surface area contributed by atoms with Crippen LogP contribution < -0.4 is 5.32 Å². The highest BCUT2D eigenvalue weighted by atomic mass is 32.2. The summed E-state index contributed by atoms with van der Waals surface area (Å²) in [5.41, 5.74) is 2.87. The van der Waals surface area contributed by atoms with Crippen molar-refractivity contribution >= 4 is 32.2 Å². The van der Waals surface area contributed by atoms with E-state index in [1.807, 2.05) is 36.7 Å². The van der Waals surface area contributed by atoms with Gasteiger partial charge in [0, 0.05) is 19.4 Å². The number of hydrogen-bond acceptors (Lipinski definition) is 6. The van der Waals surface area contributed by atoms with Gasteiger partial charge in [0.05, 0.1) is 27.4 Å². The van der Waals surface area contributed by atoms with Gasteiger partial charge >= 0.3 is 0 Å². The predicted octanol–water partition coefficient (Wildman–Crippen LogP) is 2.81. The minimum absolute atomic E-state index is 0.0899. The standard InChI is InChI=1S/C17H18N4O4S/c1-11-4-7-15-14(8-11)19-17(20(15)2)10-18-13-6-5-12(26(3,24)25)9-16(13)21(22)23/h4-9,18H,10H2,1-3H3. The topological polar surface area (TPSA) is 107 Å². The van der Waals surface area contributed by atoms with Gasteiger partial charge in [0.2, 0.25) is 0 Å². The molecule has 2 aromatic carbocycles. The molecule has 1 aromatic heterocycles. The molecule has 0 atom stereocenters. The van der Waals surface area contributed by atoms with Crippen molar-refractivity contribution in [1.29, 1.82) is 0 Å². The summed E-state index contributed by atoms with van der Waals surface area (Å²) < 4.78 is 25.1. The molecule has 0 saturated heterocycles. The predicted molar refractivity (Wildman–Crippen MR) is 99.0 cm³/mol. The molecule has 0 aliphatic heterocycles. The molecular formula is C17H18N4O4S. The highest BCUT2D eigenvalue weighted by Gasteiger charge is 2.19. The van der Waals surface area contributed by atoms with E-state index in [1.54, 1.807) is 0 Å². The molecule has 1 heterocycles. The molecule has 8 nitrogen and oxygen atoms in total. The summed E-state index contributed by atoms with van der Waals surface area (Å²) in [6, 6.07) is 9.77. The second kappa shape index (κ2) is 6.41. The molecule has 136 valence electrons. The van der Waals surface area contributed by atoms with Crippen LogP contribution in [0.2, 0.25) is 0 Å². The fourth-order valence-corrected chi connectivity index (χ4v) is 3.38. The maximum atomic E-state index is 11.6. The number of aromatic nitrogens is 2. The van der Waals surface area contributed by atoms with Gasteiger partial charge in [-0.2, -0.15) is 0 Å². The molecule has 0 spiro atoms. The summed E-state index contributed by atoms with van der Waals surface area (Å²) in [5.74, 6) is 0.715. The van der Waals surface area contributed by atoms with E-state index < -0.39 is 14.8 Å². The first-order valence-corrected chi connectivity index (χ1v) is 9.70. The maximum absolute atomic E-state index is 11.6. The van der Waals surface area contributed by atoms with Crippen LogP contribution in [0.5, 0.6) is 0 Å². The zero-order chi connectivity index (χ0) is 19.1. The number of anilines is 1. The Kier molecular flexibility index (Phi) is 4.41. The highest BCUT2D eigenvalue weighted by molar-refractivity contribution is 7.90. The van der Waals surface area contributed by atoms with Crippen LogP contribution in [0, 0.1) is 17.0 Å². The minimum atomic E-state index is -3.52. The molecular weight excluding hydrogens is 356 g/mol. The van der Waals surface area contributed by atoms with Gasteiger partial charge in [-0.15, -0.1) is 0 Å². The first kappa shape index (κ1) is 17.9. The summed E-state index contributed by atoms with van der Waals surface area (Å²) in [7, 11) is -1.64. The van der Waals surface area contributed by atoms with Gasteiger partial charge in [0.1, 0.15) is 11.5 Å². The molecule has 0 radical (unpaired) electrons. The van der Waals surface area contributed by atoms with E-state index in [9.17, 15) is 18.5 Å². The number of hydrogen-bond donors (Lipinski definition) is 1. The summed E-state index contributed by atoms with van der Waals surface area (Å²) in [5, 5.41) is 14.3. The van der Waals surface area contributed by atoms with Crippen molar-refractivity contribution in [2.45, 2.75) is 18.4 Å². The lowest BCUT2D eigenvalue weighted by Crippen LogP contribution is -2.08. The SMILES string of the molecule is Cc1ccc2c(c1)nc(CNc1ccc(S(C)(=O)=O)cc1[N+](=O)[O-])n2C. The Morgan fingerprint density at radius 2 is 1.96 bits per heavy atom. The fourth-order valence-electron chi connectivity index (χ4n) is 2.73. The van der Waals surface area contributed by atoms with Crippen LogP contribution in [-0.4, -0.2) is 29.1 Å². The third kappa shape index (κ3) is 3.38. The number of rotatable bonds is 5. The van der Waals surface area contributed by atoms with Crippen LogP contribution in [0.25, 0.3) is 11.0 Å². The maximum Gasteiger partial charge on any atom is 0.293 e. The number of fused-ring (bicyclic) bond motifs is 1. The molecule has 9 heteroatoms. The largest absolute Gasteiger partial charge is 0.372 e. The molecule has 1 N–H and O–H groups in total. The van der Waals surface area contributed by atoms with Gasteiger partial charge in [-0.1, -0.05) is 6.07 Å². The average Bonchev–Trinajstić information content (AvgIpc) is 2.87. The van der Waals surface area contributed by atoms with E-state index in [2.05, 4.69) is 10.3 Å². The number of nitrogens with zero attached hydrogens (tertiary/aromatic N) is 3. The smallest absolute Gasteiger partial charge is 0.293 e. The van der Waals surface area contributed by atoms with Gasteiger partial charge in [0.15, 0.2) is 9.84 Å². The fraction of sp³-hybridized carbons (Fsp3) is 0.235. The van der Waals surface area contributed by atoms with Crippen molar-refractivity contribution in [3.8, 4) is 0 Å². The number of benzene rings is 2. The quantitative estimate of drug-likeness (QED) is 0.543. The Bertz CT molecular complexity index is 1120. The summed E-state index contributed by atoms with van der Waals surface area (Å²) in [4.78, 5) is 15.2. The van der Waals surface area contributed by atoms with Crippen LogP contribution in [0.3, 0.4) is 0 Å². The number of imidazole rings is 1. The third-order valence-electron chi connectivity index (χ3n) is 4.16. The molecule has 0 unspecified atom stereocenters. The van der Waals surface area contributed by atoms with E-state index in [1.165, 1.54) is 12.1 Å². The third-order valence-corrected chi connectivity index (χ3v) is 5.27. The van der Waals surface area contributed by atoms with Crippen LogP contribution in [0.15, 0.2) is 41.3 Å². The van der Waals surface area contributed by atoms with Gasteiger partial charge in [-0.3, -0.25) is 10.1 Å². The molecule has 0 bridgehead atoms. The highest BCUT2D eigenvalue weighted by Crippen LogP contribution is 2.28. The number of nitro benzene ring substituents is 1. The molecule has 3 rings (SSSR count). The lowest BCUT2D eigenvalue weighted by Gasteiger charge is -2.08. The molecule has 0 fully saturated rings. The van der Waals surface area contributed by atoms with Crippen LogP contribution in [0.1, 0.15) is 11.4 Å². The monoisotopic (exact) mass is 374 g/mol. The molecule has 0 aliphatic carbocycles. The molecule has 3 aromatic rings. The lowest BCUT2D eigenvalue weighted by molar-refractivity contribution is -0.384. The second-order valence-corrected chi connectivity index (χ2v) is 8.16. The number of nitro groups is 1. The van der Waals surface area contributed by atoms with Crippen LogP contribution in [-0.2, 0) is 23.4 Å². The van der Waals surface area contributed by atoms with Crippen LogP contribution >= 0.6 is 0 Å². The van der Waals surface area contributed by atoms with Crippen molar-refractivity contribution in [3.05, 3.63) is 57.9 Å². The normalized spacial score (nSPS) is 11.7. The molecule has 0 saturated carbocycles. The van der Waals surface area contributed by atoms with E-state index in [4.69, 9.17) is 0 Å². The number of aryl methyl sites for hydroxylation is 2. The van der Waals surface area contributed by atoms with Gasteiger partial charge in [0.25, 0.3) is 5.69 Å². The van der Waals surface area contributed by atoms with Crippen molar-refractivity contribution in [2.24, 2.45) is 7.05 Å². The summed E-state index contributed by atoms with van der Waals surface area (Å²) in [6.45, 7) is 2.25. The zero-order valence-corrected chi connectivity index (χ0v) is 15.4. The Hall–Kier alpha value is -2.94. The van der Waals surface area contributed by atoms with Crippen molar-refractivity contribution in [2.75, 3.05) is 11.6 Å². The Labute approximate surface area is 150 Å². The van der Waals surface area contributed by atoms with Crippen molar-refractivity contribution < 1.29 is 13.3 Å². The lowest BCUT2D eigenvalue weighted by atomic mass is 10.2. The van der Waals surface area contributed by atoms with Gasteiger partial charge in [-0.05, 0) is 36.8 Å². The minimum Gasteiger partial charge on any atom is -0.372 e. The van der Waals surface area contributed by atoms with E-state index in [0.717, 1.165) is 28.9 Å². The zero-order valence-electron chi connectivity index (χ0n) is 14.6. The van der Waals surface area contributed by atoms with Crippen LogP contribution in [0.4, 0.5) is 11.4 Å². The molecule has 0 amide bonds. The summed E-state index contributed by atoms with van der Waals surface area (Å²) >= 11 is 0. The van der Waals surface area contributed by atoms with Crippen molar-refractivity contribution in [3.63, 3.8) is 0 Å². The van der Waals surface area contributed by atoms with Crippen molar-refractivity contribution in [1.82, 2.24) is 9.55 Å². The molecule has 26 heavy (non-hydrogen) atoms. The Morgan fingerprint density at radius 1 is 1.23 bits per heavy atom. The number of sulfone groups is 1. The Morgan fingerprint density at radius 3 is 2.62 bits per heavy atom. The van der Waals surface area contributed by atoms with Gasteiger partial charge in [-0.25, -0.2) is 13.4 Å². The Balaban J connectivity index is 1.92. The van der Waals surface area contributed by atoms with E-state index >= 15 is 0 Å². The summed E-state index contributed by atoms with van der Waals surface area (Å²) in [6.07, 6.45) is 1.01. The van der Waals surface area contributed by atoms with E-state index in [-0.39, 0.29) is 22.8 Å². The first-order chi connectivity index (χ1) is 12.2. The average molecular weight is 374 g/mol.